The Morgan fingerprint density at radius 3 is 2.29 bits per heavy atom. The van der Waals surface area contributed by atoms with Crippen LogP contribution in [-0.4, -0.2) is 20.1 Å². The highest BCUT2D eigenvalue weighted by molar-refractivity contribution is 6.30. The predicted octanol–water partition coefficient (Wildman–Crippen LogP) is 3.78. The molecule has 5 nitrogen and oxygen atoms in total. The lowest BCUT2D eigenvalue weighted by atomic mass is 9.83. The van der Waals surface area contributed by atoms with E-state index < -0.39 is 11.3 Å². The van der Waals surface area contributed by atoms with E-state index in [4.69, 9.17) is 21.1 Å². The van der Waals surface area contributed by atoms with Gasteiger partial charge >= 0.3 is 0 Å². The Morgan fingerprint density at radius 2 is 1.75 bits per heavy atom. The molecule has 0 radical (unpaired) electrons. The second-order valence-corrected chi connectivity index (χ2v) is 5.70. The van der Waals surface area contributed by atoms with Crippen molar-refractivity contribution in [1.82, 2.24) is 0 Å². The van der Waals surface area contributed by atoms with E-state index in [1.54, 1.807) is 49.4 Å². The lowest BCUT2D eigenvalue weighted by Crippen LogP contribution is -2.36. The SMILES string of the molecule is COc1ccc(NC(=O)[C@@](C)(C#N)c2ccc(Cl)cc2)cc1OC. The number of carbonyl (C=O) groups excluding carboxylic acids is 1. The molecule has 0 spiro atoms. The summed E-state index contributed by atoms with van der Waals surface area (Å²) in [6.07, 6.45) is 0. The van der Waals surface area contributed by atoms with Crippen molar-refractivity contribution >= 4 is 23.2 Å². The van der Waals surface area contributed by atoms with Crippen molar-refractivity contribution < 1.29 is 14.3 Å². The number of amides is 1. The third-order valence-electron chi connectivity index (χ3n) is 3.74. The molecule has 1 atom stereocenters. The number of nitriles is 1. The Balaban J connectivity index is 2.30. The number of ether oxygens (including phenoxy) is 2. The van der Waals surface area contributed by atoms with Crippen molar-refractivity contribution in [3.05, 3.63) is 53.1 Å². The highest BCUT2D eigenvalue weighted by Gasteiger charge is 2.35. The smallest absolute Gasteiger partial charge is 0.249 e. The first kappa shape index (κ1) is 17.6. The summed E-state index contributed by atoms with van der Waals surface area (Å²) < 4.78 is 10.4. The van der Waals surface area contributed by atoms with Gasteiger partial charge < -0.3 is 14.8 Å². The maximum Gasteiger partial charge on any atom is 0.249 e. The fourth-order valence-electron chi connectivity index (χ4n) is 2.20. The maximum absolute atomic E-state index is 12.7. The van der Waals surface area contributed by atoms with Gasteiger partial charge in [0.2, 0.25) is 5.91 Å². The molecule has 0 saturated carbocycles. The molecule has 0 unspecified atom stereocenters. The molecule has 6 heteroatoms. The van der Waals surface area contributed by atoms with Crippen LogP contribution in [0, 0.1) is 11.3 Å². The van der Waals surface area contributed by atoms with Crippen molar-refractivity contribution in [2.75, 3.05) is 19.5 Å². The van der Waals surface area contributed by atoms with Crippen LogP contribution in [0.15, 0.2) is 42.5 Å². The van der Waals surface area contributed by atoms with Crippen LogP contribution in [-0.2, 0) is 10.2 Å². The van der Waals surface area contributed by atoms with Crippen LogP contribution in [0.25, 0.3) is 0 Å². The van der Waals surface area contributed by atoms with Crippen molar-refractivity contribution in [3.63, 3.8) is 0 Å². The molecule has 124 valence electrons. The topological polar surface area (TPSA) is 71.3 Å². The van der Waals surface area contributed by atoms with Gasteiger partial charge in [0.05, 0.1) is 20.3 Å². The molecule has 0 fully saturated rings. The summed E-state index contributed by atoms with van der Waals surface area (Å²) in [5, 5.41) is 12.8. The molecule has 0 aliphatic carbocycles. The van der Waals surface area contributed by atoms with Gasteiger partial charge in [-0.05, 0) is 36.8 Å². The van der Waals surface area contributed by atoms with Gasteiger partial charge in [-0.15, -0.1) is 0 Å². The molecule has 1 N–H and O–H groups in total. The van der Waals surface area contributed by atoms with Gasteiger partial charge in [-0.3, -0.25) is 4.79 Å². The van der Waals surface area contributed by atoms with Gasteiger partial charge in [0, 0.05) is 16.8 Å². The molecule has 0 aliphatic rings. The molecule has 2 aromatic carbocycles. The number of rotatable bonds is 5. The summed E-state index contributed by atoms with van der Waals surface area (Å²) in [5.41, 5.74) is -0.280. The number of carbonyl (C=O) groups is 1. The lowest BCUT2D eigenvalue weighted by Gasteiger charge is -2.21. The van der Waals surface area contributed by atoms with E-state index >= 15 is 0 Å². The minimum atomic E-state index is -1.35. The first-order chi connectivity index (χ1) is 11.4. The lowest BCUT2D eigenvalue weighted by molar-refractivity contribution is -0.119. The van der Waals surface area contributed by atoms with Gasteiger partial charge in [0.15, 0.2) is 16.9 Å². The number of methoxy groups -OCH3 is 2. The number of halogens is 1. The van der Waals surface area contributed by atoms with Crippen molar-refractivity contribution in [2.24, 2.45) is 0 Å². The summed E-state index contributed by atoms with van der Waals surface area (Å²) >= 11 is 5.87. The molecule has 0 bridgehead atoms. The number of nitrogens with zero attached hydrogens (tertiary/aromatic N) is 1. The molecular formula is C18H17ClN2O3. The van der Waals surface area contributed by atoms with E-state index in [9.17, 15) is 10.1 Å². The van der Waals surface area contributed by atoms with Gasteiger partial charge in [0.1, 0.15) is 0 Å². The molecule has 0 saturated heterocycles. The summed E-state index contributed by atoms with van der Waals surface area (Å²) in [7, 11) is 3.04. The van der Waals surface area contributed by atoms with Crippen LogP contribution in [0.2, 0.25) is 5.02 Å². The highest BCUT2D eigenvalue weighted by Crippen LogP contribution is 2.31. The highest BCUT2D eigenvalue weighted by atomic mass is 35.5. The van der Waals surface area contributed by atoms with Crippen LogP contribution in [0.4, 0.5) is 5.69 Å². The molecular weight excluding hydrogens is 328 g/mol. The Labute approximate surface area is 145 Å². The fourth-order valence-corrected chi connectivity index (χ4v) is 2.33. The van der Waals surface area contributed by atoms with Crippen molar-refractivity contribution in [1.29, 1.82) is 5.26 Å². The number of hydrogen-bond donors (Lipinski definition) is 1. The quantitative estimate of drug-likeness (QED) is 0.896. The van der Waals surface area contributed by atoms with Crippen molar-refractivity contribution in [3.8, 4) is 17.6 Å². The first-order valence-electron chi connectivity index (χ1n) is 7.15. The molecule has 2 rings (SSSR count). The zero-order valence-corrected chi connectivity index (χ0v) is 14.3. The van der Waals surface area contributed by atoms with Gasteiger partial charge in [-0.25, -0.2) is 0 Å². The second-order valence-electron chi connectivity index (χ2n) is 5.27. The van der Waals surface area contributed by atoms with E-state index in [0.29, 0.717) is 27.8 Å². The average molecular weight is 345 g/mol. The predicted molar refractivity (Wildman–Crippen MR) is 92.6 cm³/mol. The fraction of sp³-hybridized carbons (Fsp3) is 0.222. The van der Waals surface area contributed by atoms with Gasteiger partial charge in [0.25, 0.3) is 0 Å². The van der Waals surface area contributed by atoms with Crippen LogP contribution in [0.1, 0.15) is 12.5 Å². The van der Waals surface area contributed by atoms with E-state index in [-0.39, 0.29) is 0 Å². The van der Waals surface area contributed by atoms with Crippen LogP contribution < -0.4 is 14.8 Å². The molecule has 2 aromatic rings. The third kappa shape index (κ3) is 3.44. The largest absolute Gasteiger partial charge is 0.493 e. The van der Waals surface area contributed by atoms with E-state index in [1.165, 1.54) is 14.2 Å². The Kier molecular flexibility index (Phi) is 5.32. The molecule has 0 aromatic heterocycles. The molecule has 0 heterocycles. The minimum absolute atomic E-state index is 0.445. The average Bonchev–Trinajstić information content (AvgIpc) is 2.61. The van der Waals surface area contributed by atoms with Crippen LogP contribution >= 0.6 is 11.6 Å². The monoisotopic (exact) mass is 344 g/mol. The third-order valence-corrected chi connectivity index (χ3v) is 3.99. The summed E-state index contributed by atoms with van der Waals surface area (Å²) in [5.74, 6) is 0.594. The van der Waals surface area contributed by atoms with Crippen LogP contribution in [0.5, 0.6) is 11.5 Å². The number of anilines is 1. The number of hydrogen-bond acceptors (Lipinski definition) is 4. The molecule has 0 aliphatic heterocycles. The Hall–Kier alpha value is -2.71. The van der Waals surface area contributed by atoms with E-state index in [0.717, 1.165) is 0 Å². The maximum atomic E-state index is 12.7. The Bertz CT molecular complexity index is 784. The second kappa shape index (κ2) is 7.24. The van der Waals surface area contributed by atoms with E-state index in [1.807, 2.05) is 0 Å². The molecule has 24 heavy (non-hydrogen) atoms. The minimum Gasteiger partial charge on any atom is -0.493 e. The summed E-state index contributed by atoms with van der Waals surface area (Å²) in [6.45, 7) is 1.56. The summed E-state index contributed by atoms with van der Waals surface area (Å²) in [6, 6.07) is 13.7. The van der Waals surface area contributed by atoms with Gasteiger partial charge in [-0.2, -0.15) is 5.26 Å². The Morgan fingerprint density at radius 1 is 1.12 bits per heavy atom. The van der Waals surface area contributed by atoms with Crippen LogP contribution in [0.3, 0.4) is 0 Å². The number of nitrogens with one attached hydrogen (secondary N) is 1. The summed E-state index contributed by atoms with van der Waals surface area (Å²) in [4.78, 5) is 12.7. The normalized spacial score (nSPS) is 12.6. The first-order valence-corrected chi connectivity index (χ1v) is 7.53. The zero-order chi connectivity index (χ0) is 17.7. The van der Waals surface area contributed by atoms with E-state index in [2.05, 4.69) is 11.4 Å². The van der Waals surface area contributed by atoms with Gasteiger partial charge in [-0.1, -0.05) is 23.7 Å². The van der Waals surface area contributed by atoms with Crippen molar-refractivity contribution in [2.45, 2.75) is 12.3 Å². The zero-order valence-electron chi connectivity index (χ0n) is 13.6. The standard InChI is InChI=1S/C18H17ClN2O3/c1-18(11-20,12-4-6-13(19)7-5-12)17(22)21-14-8-9-15(23-2)16(10-14)24-3/h4-10H,1-3H3,(H,21,22)/t18-/m0/s1. The molecule has 1 amide bonds. The number of benzene rings is 2.